The third-order valence-electron chi connectivity index (χ3n) is 4.10. The summed E-state index contributed by atoms with van der Waals surface area (Å²) in [4.78, 5) is 24.8. The van der Waals surface area contributed by atoms with Crippen molar-refractivity contribution >= 4 is 33.4 Å². The third kappa shape index (κ3) is 8.04. The minimum absolute atomic E-state index is 0.0479. The number of rotatable bonds is 9. The number of methoxy groups -OCH3 is 2. The monoisotopic (exact) mass is 479 g/mol. The van der Waals surface area contributed by atoms with Gasteiger partial charge in [-0.15, -0.1) is 0 Å². The van der Waals surface area contributed by atoms with Crippen molar-refractivity contribution in [2.45, 2.75) is 31.3 Å². The average Bonchev–Trinajstić information content (AvgIpc) is 2.73. The molecule has 0 bridgehead atoms. The minimum Gasteiger partial charge on any atom is -0.495 e. The molecule has 0 aliphatic carbocycles. The highest BCUT2D eigenvalue weighted by Crippen LogP contribution is 2.29. The molecule has 2 amide bonds. The number of benzene rings is 2. The normalized spacial score (nSPS) is 11.5. The zero-order chi connectivity index (χ0) is 24.6. The fraction of sp³-hybridized carbons (Fsp3) is 0.364. The van der Waals surface area contributed by atoms with E-state index >= 15 is 0 Å². The maximum Gasteiger partial charge on any atom is 0.412 e. The second kappa shape index (κ2) is 11.1. The first kappa shape index (κ1) is 26.1. The third-order valence-corrected chi connectivity index (χ3v) is 5.56. The standard InChI is InChI=1S/C22H29N3O7S/c1-22(2,3)32-21(27)25-18-14-16(9-10-19(18)31-5)24-20(26)15-7-6-8-17(13-15)33(28,29)23-11-12-30-4/h6-10,13-14,23H,11-12H2,1-5H3,(H,24,26)(H,25,27). The Balaban J connectivity index is 2.19. The summed E-state index contributed by atoms with van der Waals surface area (Å²) in [6, 6.07) is 10.3. The van der Waals surface area contributed by atoms with Crippen LogP contribution in [-0.2, 0) is 19.5 Å². The summed E-state index contributed by atoms with van der Waals surface area (Å²) in [5.41, 5.74) is 0.107. The van der Waals surface area contributed by atoms with Gasteiger partial charge in [0.15, 0.2) is 0 Å². The quantitative estimate of drug-likeness (QED) is 0.471. The maximum atomic E-state index is 12.7. The van der Waals surface area contributed by atoms with Crippen molar-refractivity contribution in [2.75, 3.05) is 38.0 Å². The number of ether oxygens (including phenoxy) is 3. The van der Waals surface area contributed by atoms with Crippen molar-refractivity contribution in [3.8, 4) is 5.75 Å². The van der Waals surface area contributed by atoms with Gasteiger partial charge in [-0.25, -0.2) is 17.9 Å². The Morgan fingerprint density at radius 1 is 1.00 bits per heavy atom. The van der Waals surface area contributed by atoms with E-state index in [4.69, 9.17) is 14.2 Å². The number of nitrogens with one attached hydrogen (secondary N) is 3. The summed E-state index contributed by atoms with van der Waals surface area (Å²) in [5.74, 6) is -0.161. The highest BCUT2D eigenvalue weighted by molar-refractivity contribution is 7.89. The summed E-state index contributed by atoms with van der Waals surface area (Å²) in [6.07, 6.45) is -0.678. The van der Waals surface area contributed by atoms with Crippen molar-refractivity contribution in [2.24, 2.45) is 0 Å². The molecule has 0 heterocycles. The fourth-order valence-electron chi connectivity index (χ4n) is 2.67. The van der Waals surface area contributed by atoms with Crippen LogP contribution in [0.1, 0.15) is 31.1 Å². The molecule has 2 aromatic rings. The van der Waals surface area contributed by atoms with E-state index in [0.717, 1.165) is 0 Å². The van der Waals surface area contributed by atoms with Crippen LogP contribution in [-0.4, -0.2) is 53.4 Å². The van der Waals surface area contributed by atoms with Crippen LogP contribution in [0.5, 0.6) is 5.75 Å². The van der Waals surface area contributed by atoms with Crippen molar-refractivity contribution in [1.29, 1.82) is 0 Å². The Morgan fingerprint density at radius 3 is 2.36 bits per heavy atom. The minimum atomic E-state index is -3.79. The van der Waals surface area contributed by atoms with E-state index in [1.807, 2.05) is 0 Å². The van der Waals surface area contributed by atoms with Gasteiger partial charge in [-0.2, -0.15) is 0 Å². The molecule has 0 aliphatic rings. The van der Waals surface area contributed by atoms with Crippen LogP contribution in [0.25, 0.3) is 0 Å². The zero-order valence-electron chi connectivity index (χ0n) is 19.2. The number of hydrogen-bond donors (Lipinski definition) is 3. The number of hydrogen-bond acceptors (Lipinski definition) is 7. The highest BCUT2D eigenvalue weighted by Gasteiger charge is 2.19. The Kier molecular flexibility index (Phi) is 8.80. The molecule has 33 heavy (non-hydrogen) atoms. The predicted molar refractivity (Wildman–Crippen MR) is 124 cm³/mol. The van der Waals surface area contributed by atoms with Gasteiger partial charge in [-0.05, 0) is 57.2 Å². The second-order valence-electron chi connectivity index (χ2n) is 7.91. The first-order chi connectivity index (χ1) is 15.4. The molecule has 2 aromatic carbocycles. The molecule has 2 rings (SSSR count). The predicted octanol–water partition coefficient (Wildman–Crippen LogP) is 3.22. The molecule has 10 nitrogen and oxygen atoms in total. The van der Waals surface area contributed by atoms with Gasteiger partial charge < -0.3 is 19.5 Å². The van der Waals surface area contributed by atoms with Gasteiger partial charge in [-0.3, -0.25) is 10.1 Å². The maximum absolute atomic E-state index is 12.7. The molecule has 0 fully saturated rings. The van der Waals surface area contributed by atoms with Gasteiger partial charge in [0.1, 0.15) is 11.4 Å². The number of anilines is 2. The lowest BCUT2D eigenvalue weighted by Gasteiger charge is -2.20. The molecule has 180 valence electrons. The Morgan fingerprint density at radius 2 is 1.73 bits per heavy atom. The smallest absolute Gasteiger partial charge is 0.412 e. The Labute approximate surface area is 193 Å². The van der Waals surface area contributed by atoms with Crippen molar-refractivity contribution in [1.82, 2.24) is 4.72 Å². The number of carbonyl (C=O) groups excluding carboxylic acids is 2. The lowest BCUT2D eigenvalue weighted by molar-refractivity contribution is 0.0635. The molecule has 0 aromatic heterocycles. The van der Waals surface area contributed by atoms with Gasteiger partial charge in [0, 0.05) is 24.9 Å². The summed E-state index contributed by atoms with van der Waals surface area (Å²) < 4.78 is 42.5. The first-order valence-corrected chi connectivity index (χ1v) is 11.5. The van der Waals surface area contributed by atoms with Crippen LogP contribution in [0, 0.1) is 0 Å². The van der Waals surface area contributed by atoms with E-state index in [1.54, 1.807) is 32.9 Å². The van der Waals surface area contributed by atoms with E-state index in [-0.39, 0.29) is 23.6 Å². The van der Waals surface area contributed by atoms with Gasteiger partial charge >= 0.3 is 6.09 Å². The number of sulfonamides is 1. The largest absolute Gasteiger partial charge is 0.495 e. The van der Waals surface area contributed by atoms with E-state index in [0.29, 0.717) is 17.1 Å². The summed E-state index contributed by atoms with van der Waals surface area (Å²) in [7, 11) is -0.884. The lowest BCUT2D eigenvalue weighted by atomic mass is 10.2. The SMILES string of the molecule is COCCNS(=O)(=O)c1cccc(C(=O)Nc2ccc(OC)c(NC(=O)OC(C)(C)C)c2)c1. The summed E-state index contributed by atoms with van der Waals surface area (Å²) in [6.45, 7) is 5.54. The second-order valence-corrected chi connectivity index (χ2v) is 9.68. The molecular formula is C22H29N3O7S. The van der Waals surface area contributed by atoms with E-state index in [2.05, 4.69) is 15.4 Å². The Hall–Kier alpha value is -3.15. The van der Waals surface area contributed by atoms with E-state index in [1.165, 1.54) is 44.6 Å². The summed E-state index contributed by atoms with van der Waals surface area (Å²) >= 11 is 0. The van der Waals surface area contributed by atoms with Gasteiger partial charge in [0.05, 0.1) is 24.3 Å². The van der Waals surface area contributed by atoms with Crippen LogP contribution in [0.4, 0.5) is 16.2 Å². The highest BCUT2D eigenvalue weighted by atomic mass is 32.2. The molecule has 0 saturated carbocycles. The van der Waals surface area contributed by atoms with Crippen LogP contribution in [0.3, 0.4) is 0 Å². The molecule has 11 heteroatoms. The van der Waals surface area contributed by atoms with Gasteiger partial charge in [0.25, 0.3) is 5.91 Å². The van der Waals surface area contributed by atoms with E-state index < -0.39 is 27.6 Å². The molecular weight excluding hydrogens is 450 g/mol. The first-order valence-electron chi connectivity index (χ1n) is 10.0. The average molecular weight is 480 g/mol. The lowest BCUT2D eigenvalue weighted by Crippen LogP contribution is -2.27. The molecule has 0 saturated heterocycles. The molecule has 0 atom stereocenters. The molecule has 0 radical (unpaired) electrons. The van der Waals surface area contributed by atoms with Gasteiger partial charge in [-0.1, -0.05) is 6.07 Å². The molecule has 0 spiro atoms. The van der Waals surface area contributed by atoms with Gasteiger partial charge in [0.2, 0.25) is 10.0 Å². The van der Waals surface area contributed by atoms with Crippen LogP contribution in [0.15, 0.2) is 47.4 Å². The topological polar surface area (TPSA) is 132 Å². The van der Waals surface area contributed by atoms with Crippen molar-refractivity contribution in [3.05, 3.63) is 48.0 Å². The van der Waals surface area contributed by atoms with E-state index in [9.17, 15) is 18.0 Å². The molecule has 0 aliphatic heterocycles. The van der Waals surface area contributed by atoms with Crippen molar-refractivity contribution in [3.63, 3.8) is 0 Å². The Bertz CT molecular complexity index is 1100. The summed E-state index contributed by atoms with van der Waals surface area (Å²) in [5, 5.41) is 5.27. The van der Waals surface area contributed by atoms with Crippen molar-refractivity contribution < 1.29 is 32.2 Å². The van der Waals surface area contributed by atoms with Crippen LogP contribution < -0.4 is 20.1 Å². The fourth-order valence-corrected chi connectivity index (χ4v) is 3.72. The van der Waals surface area contributed by atoms with Crippen LogP contribution in [0.2, 0.25) is 0 Å². The number of carbonyl (C=O) groups is 2. The van der Waals surface area contributed by atoms with Crippen LogP contribution >= 0.6 is 0 Å². The molecule has 0 unspecified atom stereocenters. The molecule has 3 N–H and O–H groups in total. The number of amides is 2. The zero-order valence-corrected chi connectivity index (χ0v) is 20.0.